The molecule has 0 radical (unpaired) electrons. The van der Waals surface area contributed by atoms with E-state index in [9.17, 15) is 4.79 Å². The summed E-state index contributed by atoms with van der Waals surface area (Å²) in [6.45, 7) is 4.29. The van der Waals surface area contributed by atoms with Crippen LogP contribution in [0.2, 0.25) is 5.02 Å². The molecule has 130 valence electrons. The number of likely N-dealkylation sites (tertiary alicyclic amines) is 2. The van der Waals surface area contributed by atoms with E-state index in [1.54, 1.807) is 0 Å². The summed E-state index contributed by atoms with van der Waals surface area (Å²) >= 11 is 6.06. The summed E-state index contributed by atoms with van der Waals surface area (Å²) in [5.74, 6) is 0.365. The molecule has 0 aromatic heterocycles. The van der Waals surface area contributed by atoms with Crippen LogP contribution in [-0.4, -0.2) is 47.9 Å². The third-order valence-corrected chi connectivity index (χ3v) is 6.62. The molecular weight excluding hydrogens is 320 g/mol. The van der Waals surface area contributed by atoms with Crippen molar-refractivity contribution in [3.8, 4) is 0 Å². The highest BCUT2D eigenvalue weighted by Crippen LogP contribution is 2.43. The number of carbonyl (C=O) groups excluding carboxylic acids is 1. The summed E-state index contributed by atoms with van der Waals surface area (Å²) in [4.78, 5) is 18.2. The van der Waals surface area contributed by atoms with Crippen LogP contribution < -0.4 is 0 Å². The predicted octanol–water partition coefficient (Wildman–Crippen LogP) is 3.85. The number of halogens is 1. The zero-order valence-corrected chi connectivity index (χ0v) is 15.1. The second-order valence-electron chi connectivity index (χ2n) is 7.73. The maximum absolute atomic E-state index is 13.5. The van der Waals surface area contributed by atoms with Crippen molar-refractivity contribution in [1.82, 2.24) is 9.80 Å². The minimum Gasteiger partial charge on any atom is -0.340 e. The van der Waals surface area contributed by atoms with Crippen molar-refractivity contribution in [2.75, 3.05) is 26.2 Å². The number of amides is 1. The smallest absolute Gasteiger partial charge is 0.233 e. The monoisotopic (exact) mass is 346 g/mol. The van der Waals surface area contributed by atoms with Crippen LogP contribution in [0, 0.1) is 0 Å². The minimum atomic E-state index is -0.301. The fraction of sp³-hybridized carbons (Fsp3) is 0.650. The molecular formula is C20H27ClN2O. The number of benzene rings is 1. The number of nitrogens with zero attached hydrogens (tertiary/aromatic N) is 2. The van der Waals surface area contributed by atoms with Gasteiger partial charge < -0.3 is 4.90 Å². The maximum Gasteiger partial charge on any atom is 0.233 e. The van der Waals surface area contributed by atoms with E-state index in [0.29, 0.717) is 11.9 Å². The lowest BCUT2D eigenvalue weighted by Crippen LogP contribution is -2.46. The zero-order valence-electron chi connectivity index (χ0n) is 14.3. The SMILES string of the molecule is O=C(N1CCC(N2CCCC2)C1)C1(c2ccc(Cl)cc2)CCCC1. The molecule has 0 bridgehead atoms. The Morgan fingerprint density at radius 2 is 1.67 bits per heavy atom. The van der Waals surface area contributed by atoms with E-state index < -0.39 is 0 Å². The summed E-state index contributed by atoms with van der Waals surface area (Å²) in [7, 11) is 0. The van der Waals surface area contributed by atoms with E-state index in [-0.39, 0.29) is 5.41 Å². The molecule has 4 rings (SSSR count). The Morgan fingerprint density at radius 1 is 1.00 bits per heavy atom. The van der Waals surface area contributed by atoms with Gasteiger partial charge in [-0.15, -0.1) is 0 Å². The highest BCUT2D eigenvalue weighted by Gasteiger charge is 2.46. The maximum atomic E-state index is 13.5. The molecule has 3 nitrogen and oxygen atoms in total. The molecule has 4 heteroatoms. The minimum absolute atomic E-state index is 0.301. The van der Waals surface area contributed by atoms with Crippen LogP contribution in [0.5, 0.6) is 0 Å². The van der Waals surface area contributed by atoms with E-state index in [4.69, 9.17) is 11.6 Å². The zero-order chi connectivity index (χ0) is 16.6. The normalized spacial score (nSPS) is 27.0. The van der Waals surface area contributed by atoms with Crippen molar-refractivity contribution < 1.29 is 4.79 Å². The summed E-state index contributed by atoms with van der Waals surface area (Å²) < 4.78 is 0. The Morgan fingerprint density at radius 3 is 2.33 bits per heavy atom. The van der Waals surface area contributed by atoms with Gasteiger partial charge in [-0.1, -0.05) is 36.6 Å². The highest BCUT2D eigenvalue weighted by molar-refractivity contribution is 6.30. The van der Waals surface area contributed by atoms with Gasteiger partial charge in [-0.05, 0) is 62.9 Å². The Kier molecular flexibility index (Phi) is 4.57. The lowest BCUT2D eigenvalue weighted by Gasteiger charge is -2.33. The van der Waals surface area contributed by atoms with E-state index in [1.807, 2.05) is 12.1 Å². The van der Waals surface area contributed by atoms with Gasteiger partial charge in [0.2, 0.25) is 5.91 Å². The van der Waals surface area contributed by atoms with Gasteiger partial charge in [0.1, 0.15) is 0 Å². The first-order valence-corrected chi connectivity index (χ1v) is 9.86. The lowest BCUT2D eigenvalue weighted by atomic mass is 9.77. The van der Waals surface area contributed by atoms with Gasteiger partial charge in [0.15, 0.2) is 0 Å². The molecule has 1 aromatic carbocycles. The molecule has 1 atom stereocenters. The van der Waals surface area contributed by atoms with Gasteiger partial charge in [-0.25, -0.2) is 0 Å². The van der Waals surface area contributed by atoms with Crippen LogP contribution in [0.4, 0.5) is 0 Å². The second-order valence-corrected chi connectivity index (χ2v) is 8.17. The molecule has 1 unspecified atom stereocenters. The molecule has 3 fully saturated rings. The summed E-state index contributed by atoms with van der Waals surface area (Å²) in [6, 6.07) is 8.59. The average molecular weight is 347 g/mol. The molecule has 3 aliphatic rings. The standard InChI is InChI=1S/C20H27ClN2O/c21-17-7-5-16(6-8-17)20(10-1-2-11-20)19(24)23-14-9-18(15-23)22-12-3-4-13-22/h5-8,18H,1-4,9-15H2. The van der Waals surface area contributed by atoms with Crippen molar-refractivity contribution in [2.45, 2.75) is 56.4 Å². The van der Waals surface area contributed by atoms with Crippen molar-refractivity contribution in [3.63, 3.8) is 0 Å². The Balaban J connectivity index is 1.53. The molecule has 1 saturated carbocycles. The van der Waals surface area contributed by atoms with Crippen LogP contribution >= 0.6 is 11.6 Å². The predicted molar refractivity (Wildman–Crippen MR) is 97.4 cm³/mol. The third kappa shape index (κ3) is 2.86. The van der Waals surface area contributed by atoms with Crippen LogP contribution in [0.15, 0.2) is 24.3 Å². The number of rotatable bonds is 3. The Labute approximate surface area is 150 Å². The first-order chi connectivity index (χ1) is 11.7. The lowest BCUT2D eigenvalue weighted by molar-refractivity contribution is -0.136. The quantitative estimate of drug-likeness (QED) is 0.830. The number of hydrogen-bond donors (Lipinski definition) is 0. The van der Waals surface area contributed by atoms with E-state index in [0.717, 1.165) is 50.2 Å². The van der Waals surface area contributed by atoms with Gasteiger partial charge in [0.25, 0.3) is 0 Å². The van der Waals surface area contributed by atoms with Crippen LogP contribution in [-0.2, 0) is 10.2 Å². The van der Waals surface area contributed by atoms with Gasteiger partial charge in [-0.3, -0.25) is 9.69 Å². The van der Waals surface area contributed by atoms with E-state index in [1.165, 1.54) is 31.5 Å². The third-order valence-electron chi connectivity index (χ3n) is 6.37. The fourth-order valence-electron chi connectivity index (χ4n) is 5.01. The summed E-state index contributed by atoms with van der Waals surface area (Å²) in [5, 5.41) is 0.745. The Bertz CT molecular complexity index is 588. The largest absolute Gasteiger partial charge is 0.340 e. The van der Waals surface area contributed by atoms with Crippen molar-refractivity contribution >= 4 is 17.5 Å². The summed E-state index contributed by atoms with van der Waals surface area (Å²) in [6.07, 6.45) is 8.05. The molecule has 24 heavy (non-hydrogen) atoms. The molecule has 1 aliphatic carbocycles. The van der Waals surface area contributed by atoms with Crippen molar-refractivity contribution in [3.05, 3.63) is 34.9 Å². The molecule has 2 heterocycles. The van der Waals surface area contributed by atoms with Crippen molar-refractivity contribution in [1.29, 1.82) is 0 Å². The van der Waals surface area contributed by atoms with E-state index in [2.05, 4.69) is 21.9 Å². The van der Waals surface area contributed by atoms with Crippen LogP contribution in [0.3, 0.4) is 0 Å². The first-order valence-electron chi connectivity index (χ1n) is 9.48. The summed E-state index contributed by atoms with van der Waals surface area (Å²) in [5.41, 5.74) is 0.865. The first kappa shape index (κ1) is 16.4. The van der Waals surface area contributed by atoms with Crippen LogP contribution in [0.1, 0.15) is 50.5 Å². The number of hydrogen-bond acceptors (Lipinski definition) is 2. The van der Waals surface area contributed by atoms with E-state index >= 15 is 0 Å². The molecule has 2 aliphatic heterocycles. The number of carbonyl (C=O) groups is 1. The van der Waals surface area contributed by atoms with Crippen molar-refractivity contribution in [2.24, 2.45) is 0 Å². The second kappa shape index (κ2) is 6.68. The van der Waals surface area contributed by atoms with Gasteiger partial charge in [0.05, 0.1) is 5.41 Å². The average Bonchev–Trinajstić information content (AvgIpc) is 3.34. The molecule has 1 aromatic rings. The van der Waals surface area contributed by atoms with Gasteiger partial charge >= 0.3 is 0 Å². The Hall–Kier alpha value is -1.06. The topological polar surface area (TPSA) is 23.6 Å². The molecule has 1 amide bonds. The molecule has 0 N–H and O–H groups in total. The molecule has 0 spiro atoms. The van der Waals surface area contributed by atoms with Crippen LogP contribution in [0.25, 0.3) is 0 Å². The highest BCUT2D eigenvalue weighted by atomic mass is 35.5. The van der Waals surface area contributed by atoms with Gasteiger partial charge in [-0.2, -0.15) is 0 Å². The van der Waals surface area contributed by atoms with Gasteiger partial charge in [0, 0.05) is 24.2 Å². The molecule has 2 saturated heterocycles. The fourth-order valence-corrected chi connectivity index (χ4v) is 5.13.